The minimum absolute atomic E-state index is 0.197. The number of hydrogen-bond acceptors (Lipinski definition) is 11. The molecule has 0 saturated carbocycles. The van der Waals surface area contributed by atoms with Crippen LogP contribution in [0.15, 0.2) is 48.8 Å². The zero-order chi connectivity index (χ0) is 32.5. The Morgan fingerprint density at radius 2 is 1.98 bits per heavy atom. The first-order valence-electron chi connectivity index (χ1n) is 14.2. The summed E-state index contributed by atoms with van der Waals surface area (Å²) in [6.07, 6.45) is 1.51. The largest absolute Gasteiger partial charge is 0.462 e. The van der Waals surface area contributed by atoms with Crippen LogP contribution in [0.3, 0.4) is 0 Å². The van der Waals surface area contributed by atoms with Crippen molar-refractivity contribution in [2.75, 3.05) is 19.0 Å². The number of aliphatic hydroxyl groups is 1. The van der Waals surface area contributed by atoms with Gasteiger partial charge in [0.1, 0.15) is 29.8 Å². The third-order valence-electron chi connectivity index (χ3n) is 7.12. The lowest BCUT2D eigenvalue weighted by molar-refractivity contribution is -0.149. The summed E-state index contributed by atoms with van der Waals surface area (Å²) >= 11 is 0. The van der Waals surface area contributed by atoms with E-state index in [1.165, 1.54) is 17.8 Å². The average molecular weight is 641 g/mol. The van der Waals surface area contributed by atoms with Gasteiger partial charge in [0.2, 0.25) is 5.67 Å². The molecule has 45 heavy (non-hydrogen) atoms. The molecule has 0 amide bonds. The summed E-state index contributed by atoms with van der Waals surface area (Å²) in [4.78, 5) is 25.5. The quantitative estimate of drug-likeness (QED) is 0.123. The van der Waals surface area contributed by atoms with E-state index in [9.17, 15) is 14.5 Å². The zero-order valence-electron chi connectivity index (χ0n) is 25.3. The molecule has 3 N–H and O–H groups in total. The van der Waals surface area contributed by atoms with Crippen molar-refractivity contribution in [1.29, 1.82) is 0 Å². The van der Waals surface area contributed by atoms with Gasteiger partial charge in [-0.05, 0) is 39.1 Å². The van der Waals surface area contributed by atoms with E-state index in [-0.39, 0.29) is 11.4 Å². The summed E-state index contributed by atoms with van der Waals surface area (Å²) in [7, 11) is -2.78. The number of ether oxygens (including phenoxy) is 2. The van der Waals surface area contributed by atoms with Gasteiger partial charge in [0.15, 0.2) is 23.2 Å². The van der Waals surface area contributed by atoms with Crippen molar-refractivity contribution in [3.63, 3.8) is 0 Å². The van der Waals surface area contributed by atoms with Crippen LogP contribution in [0.2, 0.25) is 0 Å². The van der Waals surface area contributed by atoms with Crippen molar-refractivity contribution < 1.29 is 37.4 Å². The highest BCUT2D eigenvalue weighted by Gasteiger charge is 2.58. The number of esters is 1. The van der Waals surface area contributed by atoms with Gasteiger partial charge in [-0.2, -0.15) is 5.09 Å². The number of nitrogens with zero attached hydrogens (tertiary/aromatic N) is 4. The first kappa shape index (κ1) is 32.3. The molecule has 2 aromatic heterocycles. The first-order chi connectivity index (χ1) is 21.4. The highest BCUT2D eigenvalue weighted by atomic mass is 31.2. The molecule has 1 fully saturated rings. The summed E-state index contributed by atoms with van der Waals surface area (Å²) in [6.45, 7) is 5.79. The monoisotopic (exact) mass is 640 g/mol. The van der Waals surface area contributed by atoms with Crippen LogP contribution in [0.4, 0.5) is 10.2 Å². The molecule has 15 heteroatoms. The lowest BCUT2D eigenvalue weighted by Crippen LogP contribution is -2.42. The number of terminal acetylenes is 1. The van der Waals surface area contributed by atoms with Crippen LogP contribution >= 0.6 is 7.75 Å². The molecular weight excluding hydrogens is 606 g/mol. The van der Waals surface area contributed by atoms with Crippen molar-refractivity contribution in [2.45, 2.75) is 63.9 Å². The Morgan fingerprint density at radius 1 is 1.24 bits per heavy atom. The lowest BCUT2D eigenvalue weighted by atomic mass is 9.97. The molecule has 2 aromatic carbocycles. The lowest BCUT2D eigenvalue weighted by Gasteiger charge is -2.25. The molecule has 0 radical (unpaired) electrons. The zero-order valence-corrected chi connectivity index (χ0v) is 26.2. The predicted octanol–water partition coefficient (Wildman–Crippen LogP) is 4.06. The van der Waals surface area contributed by atoms with Crippen molar-refractivity contribution in [3.05, 3.63) is 54.6 Å². The van der Waals surface area contributed by atoms with Gasteiger partial charge < -0.3 is 24.4 Å². The number of aliphatic hydroxyl groups excluding tert-OH is 1. The molecule has 0 bridgehead atoms. The second kappa shape index (κ2) is 12.7. The summed E-state index contributed by atoms with van der Waals surface area (Å²) in [5.74, 6) is 2.28. The number of carbonyl (C=O) groups excluding carboxylic acids is 1. The van der Waals surface area contributed by atoms with E-state index in [1.807, 2.05) is 24.1 Å². The number of carbonyl (C=O) groups is 1. The highest BCUT2D eigenvalue weighted by molar-refractivity contribution is 7.52. The van der Waals surface area contributed by atoms with Gasteiger partial charge in [-0.15, -0.1) is 6.42 Å². The van der Waals surface area contributed by atoms with Crippen molar-refractivity contribution >= 4 is 41.5 Å². The second-order valence-corrected chi connectivity index (χ2v) is 12.5. The van der Waals surface area contributed by atoms with E-state index in [1.54, 1.807) is 52.1 Å². The van der Waals surface area contributed by atoms with Crippen LogP contribution in [0.5, 0.6) is 5.75 Å². The Labute approximate surface area is 259 Å². The van der Waals surface area contributed by atoms with Gasteiger partial charge in [-0.25, -0.2) is 23.9 Å². The third-order valence-corrected chi connectivity index (χ3v) is 8.75. The molecule has 3 heterocycles. The van der Waals surface area contributed by atoms with Gasteiger partial charge in [0.25, 0.3) is 0 Å². The maximum absolute atomic E-state index is 16.4. The fourth-order valence-corrected chi connectivity index (χ4v) is 6.49. The van der Waals surface area contributed by atoms with Crippen LogP contribution in [-0.4, -0.2) is 74.3 Å². The number of anilines is 1. The Bertz CT molecular complexity index is 1810. The molecule has 4 aromatic rings. The number of imidazole rings is 1. The molecule has 1 aliphatic heterocycles. The summed E-state index contributed by atoms with van der Waals surface area (Å²) < 4.78 is 54.7. The van der Waals surface area contributed by atoms with Gasteiger partial charge in [-0.1, -0.05) is 42.3 Å². The molecule has 1 aliphatic rings. The van der Waals surface area contributed by atoms with E-state index in [2.05, 4.69) is 25.4 Å². The average Bonchev–Trinajstić information content (AvgIpc) is 3.53. The van der Waals surface area contributed by atoms with E-state index in [0.29, 0.717) is 22.5 Å². The molecular formula is C30H34FN6O7P. The van der Waals surface area contributed by atoms with Crippen molar-refractivity contribution in [2.24, 2.45) is 0 Å². The fourth-order valence-electron chi connectivity index (χ4n) is 4.97. The summed E-state index contributed by atoms with van der Waals surface area (Å²) in [5, 5.41) is 18.0. The molecule has 0 aliphatic carbocycles. The van der Waals surface area contributed by atoms with E-state index >= 15 is 4.39 Å². The van der Waals surface area contributed by atoms with Gasteiger partial charge in [0.05, 0.1) is 19.0 Å². The second-order valence-electron chi connectivity index (χ2n) is 10.8. The van der Waals surface area contributed by atoms with Crippen molar-refractivity contribution in [3.8, 4) is 18.1 Å². The standard InChI is InChI=1S/C30H34FN6O7P/c1-7-30(31)25(38)23(43-29(30)37-16-33-24-26(32-6)34-19(5)35-27(24)37)15-41-45(40,36-18(4)28(39)42-17(2)3)44-22-14-10-12-20-11-8-9-13-21(20)22/h1,8-14,16-18,23,25,29,38H,15H2,2-6H3,(H,36,40)(H,32,34,35)/t18-,23+,25+,29+,30+,45?/m0/s1. The van der Waals surface area contributed by atoms with Gasteiger partial charge >= 0.3 is 13.7 Å². The van der Waals surface area contributed by atoms with Crippen LogP contribution in [0.25, 0.3) is 21.9 Å². The normalized spacial score (nSPS) is 23.5. The number of alkyl halides is 1. The van der Waals surface area contributed by atoms with Crippen LogP contribution in [0, 0.1) is 19.3 Å². The first-order valence-corrected chi connectivity index (χ1v) is 15.7. The van der Waals surface area contributed by atoms with Gasteiger partial charge in [-0.3, -0.25) is 13.9 Å². The minimum Gasteiger partial charge on any atom is -0.462 e. The SMILES string of the molecule is C#C[C@@]1(F)[C@H](O)[C@@H](COP(=O)(N[C@@H](C)C(=O)OC(C)C)Oc2cccc3ccccc23)O[C@H]1n1cnc2c(NC)nc(C)nc21. The number of hydrogen-bond donors (Lipinski definition) is 3. The molecule has 1 unspecified atom stereocenters. The summed E-state index contributed by atoms with van der Waals surface area (Å²) in [5.41, 5.74) is -2.21. The maximum Gasteiger partial charge on any atom is 0.459 e. The number of benzene rings is 2. The molecule has 6 atom stereocenters. The smallest absolute Gasteiger partial charge is 0.459 e. The maximum atomic E-state index is 16.4. The Hall–Kier alpha value is -4.12. The number of aromatic nitrogens is 4. The Kier molecular flexibility index (Phi) is 9.11. The number of aryl methyl sites for hydroxylation is 1. The molecule has 238 valence electrons. The van der Waals surface area contributed by atoms with Crippen LogP contribution in [-0.2, 0) is 23.4 Å². The number of halogens is 1. The fraction of sp³-hybridized carbons (Fsp3) is 0.400. The minimum atomic E-state index is -4.43. The topological polar surface area (TPSA) is 159 Å². The third kappa shape index (κ3) is 6.36. The van der Waals surface area contributed by atoms with E-state index in [4.69, 9.17) is 24.9 Å². The molecule has 1 saturated heterocycles. The van der Waals surface area contributed by atoms with Crippen molar-refractivity contribution in [1.82, 2.24) is 24.6 Å². The Balaban J connectivity index is 1.44. The van der Waals surface area contributed by atoms with E-state index in [0.717, 1.165) is 5.39 Å². The molecule has 0 spiro atoms. The predicted molar refractivity (Wildman–Crippen MR) is 164 cm³/mol. The number of fused-ring (bicyclic) bond motifs is 2. The van der Waals surface area contributed by atoms with Crippen LogP contribution < -0.4 is 14.9 Å². The number of nitrogens with one attached hydrogen (secondary N) is 2. The van der Waals surface area contributed by atoms with Gasteiger partial charge in [0, 0.05) is 12.4 Å². The summed E-state index contributed by atoms with van der Waals surface area (Å²) in [6, 6.07) is 11.2. The highest BCUT2D eigenvalue weighted by Crippen LogP contribution is 2.49. The number of rotatable bonds is 11. The Morgan fingerprint density at radius 3 is 2.69 bits per heavy atom. The molecule has 13 nitrogen and oxygen atoms in total. The molecule has 5 rings (SSSR count). The van der Waals surface area contributed by atoms with Crippen LogP contribution in [0.1, 0.15) is 32.8 Å². The van der Waals surface area contributed by atoms with E-state index < -0.39 is 56.6 Å².